The van der Waals surface area contributed by atoms with Gasteiger partial charge < -0.3 is 9.30 Å². The number of imidazole rings is 1. The van der Waals surface area contributed by atoms with Gasteiger partial charge in [0.1, 0.15) is 17.6 Å². The second-order valence-corrected chi connectivity index (χ2v) is 3.66. The second kappa shape index (κ2) is 5.17. The molecule has 1 aromatic heterocycles. The lowest BCUT2D eigenvalue weighted by molar-refractivity contribution is 0.316. The fourth-order valence-electron chi connectivity index (χ4n) is 1.57. The first-order chi connectivity index (χ1) is 8.31. The van der Waals surface area contributed by atoms with Gasteiger partial charge in [0, 0.05) is 25.9 Å². The molecule has 0 unspecified atom stereocenters. The zero-order chi connectivity index (χ0) is 12.1. The minimum absolute atomic E-state index is 0.517. The van der Waals surface area contributed by atoms with Crippen molar-refractivity contribution in [1.29, 1.82) is 5.26 Å². The van der Waals surface area contributed by atoms with Crippen LogP contribution < -0.4 is 4.74 Å². The van der Waals surface area contributed by atoms with Crippen molar-refractivity contribution in [3.05, 3.63) is 48.0 Å². The van der Waals surface area contributed by atoms with Crippen LogP contribution in [0.25, 0.3) is 0 Å². The van der Waals surface area contributed by atoms with Gasteiger partial charge in [-0.2, -0.15) is 5.26 Å². The van der Waals surface area contributed by atoms with Gasteiger partial charge in [0.15, 0.2) is 0 Å². The van der Waals surface area contributed by atoms with Crippen LogP contribution in [0.5, 0.6) is 5.75 Å². The van der Waals surface area contributed by atoms with E-state index in [-0.39, 0.29) is 0 Å². The molecule has 0 spiro atoms. The molecule has 0 amide bonds. The molecular formula is C13H13N3O. The van der Waals surface area contributed by atoms with E-state index in [0.29, 0.717) is 17.9 Å². The Balaban J connectivity index is 1.95. The van der Waals surface area contributed by atoms with Gasteiger partial charge in [0.05, 0.1) is 12.2 Å². The molecule has 2 rings (SSSR count). The summed E-state index contributed by atoms with van der Waals surface area (Å²) in [5, 5.41) is 8.90. The molecule has 4 nitrogen and oxygen atoms in total. The highest BCUT2D eigenvalue weighted by Crippen LogP contribution is 2.16. The Morgan fingerprint density at radius 3 is 2.94 bits per heavy atom. The summed E-state index contributed by atoms with van der Waals surface area (Å²) in [5.74, 6) is 1.60. The Bertz CT molecular complexity index is 540. The van der Waals surface area contributed by atoms with Gasteiger partial charge in [0.2, 0.25) is 0 Å². The third-order valence-corrected chi connectivity index (χ3v) is 2.51. The Kier molecular flexibility index (Phi) is 3.41. The van der Waals surface area contributed by atoms with E-state index < -0.39 is 0 Å². The Labute approximate surface area is 100 Å². The van der Waals surface area contributed by atoms with Gasteiger partial charge >= 0.3 is 0 Å². The largest absolute Gasteiger partial charge is 0.492 e. The molecule has 0 aliphatic carbocycles. The minimum Gasteiger partial charge on any atom is -0.492 e. The Morgan fingerprint density at radius 1 is 1.41 bits per heavy atom. The molecular weight excluding hydrogens is 214 g/mol. The fraction of sp³-hybridized carbons (Fsp3) is 0.231. The number of aryl methyl sites for hydroxylation is 1. The highest BCUT2D eigenvalue weighted by atomic mass is 16.5. The predicted octanol–water partition coefficient (Wildman–Crippen LogP) is 1.91. The number of benzene rings is 1. The molecule has 0 atom stereocenters. The van der Waals surface area contributed by atoms with E-state index in [4.69, 9.17) is 10.00 Å². The van der Waals surface area contributed by atoms with Crippen molar-refractivity contribution >= 4 is 0 Å². The van der Waals surface area contributed by atoms with E-state index in [2.05, 4.69) is 11.1 Å². The number of ether oxygens (including phenoxy) is 1. The van der Waals surface area contributed by atoms with E-state index in [1.165, 1.54) is 0 Å². The third kappa shape index (κ3) is 2.64. The van der Waals surface area contributed by atoms with Crippen LogP contribution in [0.2, 0.25) is 0 Å². The van der Waals surface area contributed by atoms with Gasteiger partial charge in [0.25, 0.3) is 0 Å². The molecule has 2 aromatic rings. The predicted molar refractivity (Wildman–Crippen MR) is 63.6 cm³/mol. The van der Waals surface area contributed by atoms with Crippen molar-refractivity contribution in [1.82, 2.24) is 9.55 Å². The number of rotatable bonds is 4. The maximum Gasteiger partial charge on any atom is 0.137 e. The summed E-state index contributed by atoms with van der Waals surface area (Å²) in [5.41, 5.74) is 0.562. The zero-order valence-corrected chi connectivity index (χ0v) is 9.63. The lowest BCUT2D eigenvalue weighted by Crippen LogP contribution is -2.06. The molecule has 86 valence electrons. The molecule has 0 bridgehead atoms. The molecule has 0 aliphatic rings. The molecule has 4 heteroatoms. The van der Waals surface area contributed by atoms with E-state index in [1.54, 1.807) is 18.3 Å². The topological polar surface area (TPSA) is 50.8 Å². The molecule has 1 aromatic carbocycles. The number of nitriles is 1. The molecule has 0 radical (unpaired) electrons. The quantitative estimate of drug-likeness (QED) is 0.801. The van der Waals surface area contributed by atoms with Crippen molar-refractivity contribution in [3.63, 3.8) is 0 Å². The highest BCUT2D eigenvalue weighted by Gasteiger charge is 2.03. The molecule has 0 saturated heterocycles. The summed E-state index contributed by atoms with van der Waals surface area (Å²) < 4.78 is 7.54. The molecule has 0 fully saturated rings. The van der Waals surface area contributed by atoms with Crippen LogP contribution in [0.3, 0.4) is 0 Å². The highest BCUT2D eigenvalue weighted by molar-refractivity contribution is 5.42. The monoisotopic (exact) mass is 227 g/mol. The molecule has 17 heavy (non-hydrogen) atoms. The molecule has 0 saturated carbocycles. The van der Waals surface area contributed by atoms with Crippen LogP contribution in [-0.2, 0) is 13.5 Å². The van der Waals surface area contributed by atoms with E-state index >= 15 is 0 Å². The Morgan fingerprint density at radius 2 is 2.24 bits per heavy atom. The zero-order valence-electron chi connectivity index (χ0n) is 9.63. The van der Waals surface area contributed by atoms with E-state index in [1.807, 2.05) is 29.9 Å². The van der Waals surface area contributed by atoms with Crippen molar-refractivity contribution in [2.75, 3.05) is 6.61 Å². The van der Waals surface area contributed by atoms with Crippen molar-refractivity contribution in [2.24, 2.45) is 7.05 Å². The Hall–Kier alpha value is -2.28. The number of hydrogen-bond acceptors (Lipinski definition) is 3. The first-order valence-corrected chi connectivity index (χ1v) is 5.39. The maximum atomic E-state index is 8.90. The van der Waals surface area contributed by atoms with E-state index in [9.17, 15) is 0 Å². The van der Waals surface area contributed by atoms with Gasteiger partial charge in [-0.25, -0.2) is 4.98 Å². The summed E-state index contributed by atoms with van der Waals surface area (Å²) in [6.07, 6.45) is 4.39. The number of para-hydroxylation sites is 1. The summed E-state index contributed by atoms with van der Waals surface area (Å²) in [6, 6.07) is 9.34. The lowest BCUT2D eigenvalue weighted by Gasteiger charge is -2.07. The normalized spacial score (nSPS) is 9.88. The average molecular weight is 227 g/mol. The molecule has 1 heterocycles. The first-order valence-electron chi connectivity index (χ1n) is 5.39. The number of nitrogens with zero attached hydrogens (tertiary/aromatic N) is 3. The third-order valence-electron chi connectivity index (χ3n) is 2.51. The van der Waals surface area contributed by atoms with E-state index in [0.717, 1.165) is 12.2 Å². The van der Waals surface area contributed by atoms with Crippen molar-refractivity contribution < 1.29 is 4.74 Å². The van der Waals surface area contributed by atoms with Crippen LogP contribution in [0.1, 0.15) is 11.4 Å². The SMILES string of the molecule is Cn1ccnc1CCOc1ccccc1C#N. The van der Waals surface area contributed by atoms with Crippen molar-refractivity contribution in [2.45, 2.75) is 6.42 Å². The second-order valence-electron chi connectivity index (χ2n) is 3.66. The molecule has 0 aliphatic heterocycles. The summed E-state index contributed by atoms with van der Waals surface area (Å²) in [6.45, 7) is 0.517. The van der Waals surface area contributed by atoms with Crippen molar-refractivity contribution in [3.8, 4) is 11.8 Å². The van der Waals surface area contributed by atoms with Crippen LogP contribution in [0, 0.1) is 11.3 Å². The molecule has 0 N–H and O–H groups in total. The summed E-state index contributed by atoms with van der Waals surface area (Å²) >= 11 is 0. The average Bonchev–Trinajstić information content (AvgIpc) is 2.76. The van der Waals surface area contributed by atoms with Crippen LogP contribution >= 0.6 is 0 Å². The van der Waals surface area contributed by atoms with Crippen LogP contribution in [0.15, 0.2) is 36.7 Å². The van der Waals surface area contributed by atoms with Gasteiger partial charge in [-0.3, -0.25) is 0 Å². The minimum atomic E-state index is 0.517. The maximum absolute atomic E-state index is 8.90. The van der Waals surface area contributed by atoms with Gasteiger partial charge in [-0.15, -0.1) is 0 Å². The van der Waals surface area contributed by atoms with Crippen LogP contribution in [0.4, 0.5) is 0 Å². The van der Waals surface area contributed by atoms with Gasteiger partial charge in [-0.05, 0) is 12.1 Å². The first kappa shape index (κ1) is 11.2. The van der Waals surface area contributed by atoms with Crippen LogP contribution in [-0.4, -0.2) is 16.2 Å². The summed E-state index contributed by atoms with van der Waals surface area (Å²) in [4.78, 5) is 4.21. The smallest absolute Gasteiger partial charge is 0.137 e. The summed E-state index contributed by atoms with van der Waals surface area (Å²) in [7, 11) is 1.95. The fourth-order valence-corrected chi connectivity index (χ4v) is 1.57. The van der Waals surface area contributed by atoms with Gasteiger partial charge in [-0.1, -0.05) is 12.1 Å². The standard InChI is InChI=1S/C13H13N3O/c1-16-8-7-15-13(16)6-9-17-12-5-3-2-4-11(12)10-14/h2-5,7-8H,6,9H2,1H3. The number of aromatic nitrogens is 2. The lowest BCUT2D eigenvalue weighted by atomic mass is 10.2. The number of hydrogen-bond donors (Lipinski definition) is 0.